The number of nitrogens with one attached hydrogen (secondary N) is 1. The Kier molecular flexibility index (Phi) is 4.01. The van der Waals surface area contributed by atoms with E-state index in [1.54, 1.807) is 12.1 Å². The lowest BCUT2D eigenvalue weighted by molar-refractivity contribution is 0.0600. The van der Waals surface area contributed by atoms with Crippen LogP contribution in [-0.4, -0.2) is 19.6 Å². The molecule has 0 saturated carbocycles. The first-order valence-corrected chi connectivity index (χ1v) is 6.12. The maximum absolute atomic E-state index is 11.3. The number of hydrogen-bond donors (Lipinski definition) is 1. The summed E-state index contributed by atoms with van der Waals surface area (Å²) >= 11 is 0. The minimum atomic E-state index is -0.306. The molecule has 0 unspecified atom stereocenters. The average molecular weight is 243 g/mol. The molecule has 94 valence electrons. The highest BCUT2D eigenvalue weighted by molar-refractivity contribution is 5.89. The Hall–Kier alpha value is -1.79. The number of carbonyl (C=O) groups excluding carboxylic acids is 1. The van der Waals surface area contributed by atoms with Crippen LogP contribution in [0.2, 0.25) is 0 Å². The van der Waals surface area contributed by atoms with E-state index in [1.807, 2.05) is 12.1 Å². The lowest BCUT2D eigenvalue weighted by atomic mass is 9.89. The molecule has 18 heavy (non-hydrogen) atoms. The van der Waals surface area contributed by atoms with Crippen molar-refractivity contribution in [1.82, 2.24) is 5.32 Å². The Morgan fingerprint density at radius 2 is 2.17 bits per heavy atom. The van der Waals surface area contributed by atoms with E-state index in [0.717, 1.165) is 19.4 Å². The van der Waals surface area contributed by atoms with E-state index >= 15 is 0 Å². The van der Waals surface area contributed by atoms with Crippen molar-refractivity contribution < 1.29 is 9.53 Å². The fourth-order valence-corrected chi connectivity index (χ4v) is 2.29. The zero-order chi connectivity index (χ0) is 13.0. The maximum Gasteiger partial charge on any atom is 0.337 e. The molecule has 1 aromatic carbocycles. The number of benzene rings is 1. The first kappa shape index (κ1) is 12.7. The van der Waals surface area contributed by atoms with Gasteiger partial charge in [-0.2, -0.15) is 0 Å². The van der Waals surface area contributed by atoms with Gasteiger partial charge >= 0.3 is 5.97 Å². The topological polar surface area (TPSA) is 38.3 Å². The van der Waals surface area contributed by atoms with Crippen LogP contribution in [0, 0.1) is 18.3 Å². The van der Waals surface area contributed by atoms with Crippen molar-refractivity contribution in [2.45, 2.75) is 18.9 Å². The van der Waals surface area contributed by atoms with Gasteiger partial charge in [0.2, 0.25) is 0 Å². The third-order valence-corrected chi connectivity index (χ3v) is 3.37. The van der Waals surface area contributed by atoms with Gasteiger partial charge in [-0.05, 0) is 37.1 Å². The quantitative estimate of drug-likeness (QED) is 0.639. The molecule has 0 amide bonds. The highest BCUT2D eigenvalue weighted by atomic mass is 16.5. The van der Waals surface area contributed by atoms with Crippen molar-refractivity contribution in [3.05, 3.63) is 35.4 Å². The molecule has 0 spiro atoms. The molecule has 0 aromatic heterocycles. The van der Waals surface area contributed by atoms with Gasteiger partial charge in [0.25, 0.3) is 0 Å². The summed E-state index contributed by atoms with van der Waals surface area (Å²) < 4.78 is 4.67. The molecule has 1 heterocycles. The summed E-state index contributed by atoms with van der Waals surface area (Å²) in [4.78, 5) is 11.3. The second kappa shape index (κ2) is 5.70. The van der Waals surface area contributed by atoms with Crippen LogP contribution in [0.15, 0.2) is 24.3 Å². The Bertz CT molecular complexity index is 458. The Balaban J connectivity index is 2.10. The van der Waals surface area contributed by atoms with Crippen LogP contribution >= 0.6 is 0 Å². The molecule has 3 nitrogen and oxygen atoms in total. The number of terminal acetylenes is 1. The molecule has 1 saturated heterocycles. The highest BCUT2D eigenvalue weighted by Crippen LogP contribution is 2.26. The van der Waals surface area contributed by atoms with Crippen LogP contribution in [0.3, 0.4) is 0 Å². The van der Waals surface area contributed by atoms with Gasteiger partial charge < -0.3 is 10.1 Å². The van der Waals surface area contributed by atoms with Crippen molar-refractivity contribution in [3.8, 4) is 12.3 Å². The summed E-state index contributed by atoms with van der Waals surface area (Å²) in [6.07, 6.45) is 7.47. The van der Waals surface area contributed by atoms with Gasteiger partial charge in [0.05, 0.1) is 12.7 Å². The molecular weight excluding hydrogens is 226 g/mol. The second-order valence-electron chi connectivity index (χ2n) is 4.51. The molecule has 2 rings (SSSR count). The molecule has 1 fully saturated rings. The van der Waals surface area contributed by atoms with Gasteiger partial charge in [-0.3, -0.25) is 0 Å². The monoisotopic (exact) mass is 243 g/mol. The predicted octanol–water partition coefficient (Wildman–Crippen LogP) is 2.15. The third kappa shape index (κ3) is 2.72. The fourth-order valence-electron chi connectivity index (χ4n) is 2.29. The first-order valence-electron chi connectivity index (χ1n) is 6.12. The summed E-state index contributed by atoms with van der Waals surface area (Å²) in [5, 5.41) is 3.45. The Labute approximate surface area is 108 Å². The predicted molar refractivity (Wildman–Crippen MR) is 70.1 cm³/mol. The standard InChI is InChI=1S/C15H17NO2/c1-3-11-8-9-16-14(10-11)12-4-6-13(7-5-12)15(17)18-2/h1,4-7,11,14,16H,8-10H2,2H3/t11-,14+/m1/s1. The van der Waals surface area contributed by atoms with E-state index < -0.39 is 0 Å². The lowest BCUT2D eigenvalue weighted by Gasteiger charge is -2.28. The largest absolute Gasteiger partial charge is 0.465 e. The van der Waals surface area contributed by atoms with Gasteiger partial charge in [0.1, 0.15) is 0 Å². The number of rotatable bonds is 2. The molecule has 1 N–H and O–H groups in total. The smallest absolute Gasteiger partial charge is 0.337 e. The fraction of sp³-hybridized carbons (Fsp3) is 0.400. The third-order valence-electron chi connectivity index (χ3n) is 3.37. The van der Waals surface area contributed by atoms with Crippen LogP contribution in [-0.2, 0) is 4.74 Å². The molecule has 0 aliphatic carbocycles. The van der Waals surface area contributed by atoms with Crippen molar-refractivity contribution in [3.63, 3.8) is 0 Å². The van der Waals surface area contributed by atoms with Gasteiger partial charge in [0, 0.05) is 12.0 Å². The molecule has 1 aromatic rings. The van der Waals surface area contributed by atoms with Crippen molar-refractivity contribution >= 4 is 5.97 Å². The summed E-state index contributed by atoms with van der Waals surface area (Å²) in [5.41, 5.74) is 1.74. The number of ether oxygens (including phenoxy) is 1. The molecule has 2 atom stereocenters. The van der Waals surface area contributed by atoms with Crippen LogP contribution in [0.1, 0.15) is 34.8 Å². The van der Waals surface area contributed by atoms with Crippen LogP contribution in [0.5, 0.6) is 0 Å². The molecule has 1 aliphatic heterocycles. The second-order valence-corrected chi connectivity index (χ2v) is 4.51. The lowest BCUT2D eigenvalue weighted by Crippen LogP contribution is -2.31. The van der Waals surface area contributed by atoms with E-state index in [2.05, 4.69) is 16.0 Å². The molecule has 0 bridgehead atoms. The molecule has 3 heteroatoms. The van der Waals surface area contributed by atoms with E-state index in [1.165, 1.54) is 12.7 Å². The molecule has 0 radical (unpaired) electrons. The van der Waals surface area contributed by atoms with Gasteiger partial charge in [-0.25, -0.2) is 4.79 Å². The SMILES string of the molecule is C#C[C@@H]1CCN[C@H](c2ccc(C(=O)OC)cc2)C1. The van der Waals surface area contributed by atoms with Crippen molar-refractivity contribution in [2.24, 2.45) is 5.92 Å². The minimum absolute atomic E-state index is 0.284. The van der Waals surface area contributed by atoms with Gasteiger partial charge in [-0.15, -0.1) is 12.3 Å². The number of carbonyl (C=O) groups is 1. The van der Waals surface area contributed by atoms with Gasteiger partial charge in [0.15, 0.2) is 0 Å². The van der Waals surface area contributed by atoms with Crippen molar-refractivity contribution in [2.75, 3.05) is 13.7 Å². The zero-order valence-electron chi connectivity index (χ0n) is 10.5. The average Bonchev–Trinajstić information content (AvgIpc) is 2.46. The number of piperidine rings is 1. The van der Waals surface area contributed by atoms with E-state index in [0.29, 0.717) is 11.5 Å². The zero-order valence-corrected chi connectivity index (χ0v) is 10.5. The normalized spacial score (nSPS) is 23.1. The minimum Gasteiger partial charge on any atom is -0.465 e. The summed E-state index contributed by atoms with van der Waals surface area (Å²) in [7, 11) is 1.39. The van der Waals surface area contributed by atoms with Gasteiger partial charge in [-0.1, -0.05) is 12.1 Å². The summed E-state index contributed by atoms with van der Waals surface area (Å²) in [6.45, 7) is 0.943. The summed E-state index contributed by atoms with van der Waals surface area (Å²) in [6, 6.07) is 7.79. The highest BCUT2D eigenvalue weighted by Gasteiger charge is 2.21. The number of esters is 1. The maximum atomic E-state index is 11.3. The Morgan fingerprint density at radius 1 is 1.44 bits per heavy atom. The Morgan fingerprint density at radius 3 is 2.78 bits per heavy atom. The molecular formula is C15H17NO2. The number of hydrogen-bond acceptors (Lipinski definition) is 3. The van der Waals surface area contributed by atoms with E-state index in [4.69, 9.17) is 6.42 Å². The van der Waals surface area contributed by atoms with Crippen LogP contribution in [0.4, 0.5) is 0 Å². The first-order chi connectivity index (χ1) is 8.74. The molecule has 1 aliphatic rings. The van der Waals surface area contributed by atoms with E-state index in [9.17, 15) is 4.79 Å². The summed E-state index contributed by atoms with van der Waals surface area (Å²) in [5.74, 6) is 2.87. The number of methoxy groups -OCH3 is 1. The van der Waals surface area contributed by atoms with Crippen LogP contribution < -0.4 is 5.32 Å². The van der Waals surface area contributed by atoms with E-state index in [-0.39, 0.29) is 12.0 Å². The van der Waals surface area contributed by atoms with Crippen molar-refractivity contribution in [1.29, 1.82) is 0 Å². The van der Waals surface area contributed by atoms with Crippen LogP contribution in [0.25, 0.3) is 0 Å².